The van der Waals surface area contributed by atoms with Crippen molar-refractivity contribution in [1.29, 1.82) is 0 Å². The van der Waals surface area contributed by atoms with Crippen molar-refractivity contribution < 1.29 is 18.3 Å². The van der Waals surface area contributed by atoms with Crippen molar-refractivity contribution >= 4 is 32.5 Å². The number of benzene rings is 1. The van der Waals surface area contributed by atoms with Crippen LogP contribution >= 0.6 is 0 Å². The number of anilines is 1. The van der Waals surface area contributed by atoms with Gasteiger partial charge in [0.05, 0.1) is 11.3 Å². The van der Waals surface area contributed by atoms with Crippen molar-refractivity contribution in [1.82, 2.24) is 4.98 Å². The summed E-state index contributed by atoms with van der Waals surface area (Å²) in [5, 5.41) is 12.9. The Morgan fingerprint density at radius 1 is 1.33 bits per heavy atom. The fourth-order valence-electron chi connectivity index (χ4n) is 1.95. The predicted molar refractivity (Wildman–Crippen MR) is 81.5 cm³/mol. The van der Waals surface area contributed by atoms with Crippen LogP contribution in [0, 0.1) is 0 Å². The van der Waals surface area contributed by atoms with Crippen LogP contribution in [0.2, 0.25) is 0 Å². The molecule has 2 aromatic rings. The van der Waals surface area contributed by atoms with Crippen molar-refractivity contribution in [3.63, 3.8) is 0 Å². The summed E-state index contributed by atoms with van der Waals surface area (Å²) in [6.07, 6.45) is 1.57. The van der Waals surface area contributed by atoms with Gasteiger partial charge in [0.1, 0.15) is 21.2 Å². The molecular weight excluding hydrogens is 292 g/mol. The van der Waals surface area contributed by atoms with Crippen LogP contribution in [0.1, 0.15) is 16.8 Å². The zero-order valence-corrected chi connectivity index (χ0v) is 12.4. The van der Waals surface area contributed by atoms with Gasteiger partial charge < -0.3 is 10.4 Å². The maximum atomic E-state index is 11.3. The van der Waals surface area contributed by atoms with E-state index in [9.17, 15) is 18.3 Å². The number of hydrogen-bond donors (Lipinski definition) is 2. The van der Waals surface area contributed by atoms with Gasteiger partial charge in [-0.1, -0.05) is 18.2 Å². The molecule has 2 N–H and O–H groups in total. The Labute approximate surface area is 122 Å². The number of pyridine rings is 1. The van der Waals surface area contributed by atoms with E-state index >= 15 is 0 Å². The van der Waals surface area contributed by atoms with Gasteiger partial charge in [0.25, 0.3) is 0 Å². The van der Waals surface area contributed by atoms with Crippen molar-refractivity contribution in [3.8, 4) is 0 Å². The molecular formula is C14H16N2O4S. The normalized spacial score (nSPS) is 11.5. The van der Waals surface area contributed by atoms with Crippen LogP contribution in [-0.2, 0) is 9.84 Å². The van der Waals surface area contributed by atoms with Crippen molar-refractivity contribution in [3.05, 3.63) is 35.9 Å². The summed E-state index contributed by atoms with van der Waals surface area (Å²) < 4.78 is 22.1. The van der Waals surface area contributed by atoms with Crippen LogP contribution in [0.4, 0.5) is 5.82 Å². The molecule has 0 aliphatic heterocycles. The number of sulfone groups is 1. The van der Waals surface area contributed by atoms with E-state index in [-0.39, 0.29) is 17.1 Å². The lowest BCUT2D eigenvalue weighted by Gasteiger charge is -2.10. The summed E-state index contributed by atoms with van der Waals surface area (Å²) >= 11 is 0. The summed E-state index contributed by atoms with van der Waals surface area (Å²) in [7, 11) is -3.02. The first-order valence-electron chi connectivity index (χ1n) is 6.41. The van der Waals surface area contributed by atoms with Gasteiger partial charge >= 0.3 is 5.97 Å². The molecule has 112 valence electrons. The Morgan fingerprint density at radius 2 is 2.05 bits per heavy atom. The number of carboxylic acid groups (broad SMARTS) is 1. The maximum absolute atomic E-state index is 11.3. The minimum atomic E-state index is -3.02. The number of para-hydroxylation sites is 1. The molecule has 0 atom stereocenters. The van der Waals surface area contributed by atoms with Gasteiger partial charge in [-0.05, 0) is 18.6 Å². The highest BCUT2D eigenvalue weighted by atomic mass is 32.2. The molecule has 0 fully saturated rings. The van der Waals surface area contributed by atoms with Gasteiger partial charge in [0.2, 0.25) is 0 Å². The van der Waals surface area contributed by atoms with Crippen LogP contribution in [-0.4, -0.2) is 43.0 Å². The molecule has 0 unspecified atom stereocenters. The summed E-state index contributed by atoms with van der Waals surface area (Å²) in [5.41, 5.74) is 0.765. The molecule has 1 aromatic carbocycles. The lowest BCUT2D eigenvalue weighted by molar-refractivity contribution is 0.0697. The van der Waals surface area contributed by atoms with E-state index < -0.39 is 15.8 Å². The number of aromatic nitrogens is 1. The Morgan fingerprint density at radius 3 is 2.71 bits per heavy atom. The number of rotatable bonds is 6. The van der Waals surface area contributed by atoms with Gasteiger partial charge in [0, 0.05) is 18.2 Å². The van der Waals surface area contributed by atoms with Crippen LogP contribution < -0.4 is 5.32 Å². The van der Waals surface area contributed by atoms with Crippen molar-refractivity contribution in [2.45, 2.75) is 6.42 Å². The zero-order valence-electron chi connectivity index (χ0n) is 11.5. The smallest absolute Gasteiger partial charge is 0.339 e. The number of nitrogens with one attached hydrogen (secondary N) is 1. The zero-order chi connectivity index (χ0) is 15.5. The van der Waals surface area contributed by atoms with Crippen LogP contribution in [0.3, 0.4) is 0 Å². The predicted octanol–water partition coefficient (Wildman–Crippen LogP) is 1.78. The van der Waals surface area contributed by atoms with Crippen molar-refractivity contribution in [2.75, 3.05) is 23.9 Å². The third-order valence-electron chi connectivity index (χ3n) is 2.94. The third-order valence-corrected chi connectivity index (χ3v) is 3.97. The van der Waals surface area contributed by atoms with E-state index in [4.69, 9.17) is 0 Å². The number of fused-ring (bicyclic) bond motifs is 1. The van der Waals surface area contributed by atoms with E-state index in [0.717, 1.165) is 5.39 Å². The van der Waals surface area contributed by atoms with Crippen LogP contribution in [0.25, 0.3) is 10.9 Å². The lowest BCUT2D eigenvalue weighted by atomic mass is 10.1. The summed E-state index contributed by atoms with van der Waals surface area (Å²) in [4.78, 5) is 15.6. The highest BCUT2D eigenvalue weighted by molar-refractivity contribution is 7.90. The maximum Gasteiger partial charge on any atom is 0.339 e. The number of hydrogen-bond acceptors (Lipinski definition) is 5. The molecule has 0 radical (unpaired) electrons. The summed E-state index contributed by atoms with van der Waals surface area (Å²) in [6.45, 7) is 0.346. The molecule has 2 rings (SSSR count). The van der Waals surface area contributed by atoms with E-state index in [1.807, 2.05) is 12.1 Å². The Kier molecular flexibility index (Phi) is 4.42. The lowest BCUT2D eigenvalue weighted by Crippen LogP contribution is -2.13. The molecule has 0 amide bonds. The fraction of sp³-hybridized carbons (Fsp3) is 0.286. The molecule has 0 saturated carbocycles. The average molecular weight is 308 g/mol. The molecule has 6 nitrogen and oxygen atoms in total. The Hall–Kier alpha value is -2.15. The highest BCUT2D eigenvalue weighted by Gasteiger charge is 2.13. The minimum Gasteiger partial charge on any atom is -0.478 e. The second-order valence-corrected chi connectivity index (χ2v) is 7.05. The molecule has 7 heteroatoms. The first kappa shape index (κ1) is 15.2. The molecule has 1 aromatic heterocycles. The molecule has 0 aliphatic carbocycles. The second-order valence-electron chi connectivity index (χ2n) is 4.79. The SMILES string of the molecule is CS(=O)(=O)CCCNc1nc2ccccc2cc1C(=O)O. The molecule has 21 heavy (non-hydrogen) atoms. The fourth-order valence-corrected chi connectivity index (χ4v) is 2.62. The standard InChI is InChI=1S/C14H16N2O4S/c1-21(19,20)8-4-7-15-13-11(14(17)18)9-10-5-2-3-6-12(10)16-13/h2-3,5-6,9H,4,7-8H2,1H3,(H,15,16)(H,17,18). The molecule has 1 heterocycles. The summed E-state index contributed by atoms with van der Waals surface area (Å²) in [6, 6.07) is 8.78. The third kappa shape index (κ3) is 4.16. The second kappa shape index (κ2) is 6.09. The minimum absolute atomic E-state index is 0.0516. The van der Waals surface area contributed by atoms with Crippen molar-refractivity contribution in [2.24, 2.45) is 0 Å². The Balaban J connectivity index is 2.21. The van der Waals surface area contributed by atoms with Gasteiger partial charge in [0.15, 0.2) is 0 Å². The first-order chi connectivity index (χ1) is 9.87. The quantitative estimate of drug-likeness (QED) is 0.790. The number of carbonyl (C=O) groups is 1. The highest BCUT2D eigenvalue weighted by Crippen LogP contribution is 2.20. The number of nitrogens with zero attached hydrogens (tertiary/aromatic N) is 1. The van der Waals surface area contributed by atoms with E-state index in [0.29, 0.717) is 18.5 Å². The topological polar surface area (TPSA) is 96.4 Å². The molecule has 0 bridgehead atoms. The Bertz CT molecular complexity index is 772. The first-order valence-corrected chi connectivity index (χ1v) is 8.47. The van der Waals surface area contributed by atoms with Gasteiger partial charge in [-0.3, -0.25) is 0 Å². The molecule has 0 spiro atoms. The largest absolute Gasteiger partial charge is 0.478 e. The van der Waals surface area contributed by atoms with Gasteiger partial charge in [-0.2, -0.15) is 0 Å². The summed E-state index contributed by atoms with van der Waals surface area (Å²) in [5.74, 6) is -0.760. The van der Waals surface area contributed by atoms with Gasteiger partial charge in [-0.15, -0.1) is 0 Å². The monoisotopic (exact) mass is 308 g/mol. The van der Waals surface area contributed by atoms with Crippen LogP contribution in [0.5, 0.6) is 0 Å². The van der Waals surface area contributed by atoms with Gasteiger partial charge in [-0.25, -0.2) is 18.2 Å². The number of aromatic carboxylic acids is 1. The average Bonchev–Trinajstić information content (AvgIpc) is 2.41. The van der Waals surface area contributed by atoms with Crippen LogP contribution in [0.15, 0.2) is 30.3 Å². The van der Waals surface area contributed by atoms with E-state index in [1.165, 1.54) is 6.26 Å². The van der Waals surface area contributed by atoms with E-state index in [2.05, 4.69) is 10.3 Å². The molecule has 0 aliphatic rings. The van der Waals surface area contributed by atoms with E-state index in [1.54, 1.807) is 18.2 Å². The molecule has 0 saturated heterocycles. The number of carboxylic acids is 1.